The molecule has 132 valence electrons. The van der Waals surface area contributed by atoms with Gasteiger partial charge in [0.05, 0.1) is 43.4 Å². The fourth-order valence-corrected chi connectivity index (χ4v) is 2.75. The van der Waals surface area contributed by atoms with Gasteiger partial charge in [-0.2, -0.15) is 5.10 Å². The summed E-state index contributed by atoms with van der Waals surface area (Å²) in [4.78, 5) is 26.6. The first-order valence-corrected chi connectivity index (χ1v) is 7.96. The molecule has 0 saturated heterocycles. The summed E-state index contributed by atoms with van der Waals surface area (Å²) in [6.07, 6.45) is 1.27. The molecular formula is C15H16N4O5S. The second-order valence-corrected chi connectivity index (χ2v) is 5.82. The first-order chi connectivity index (χ1) is 11.9. The minimum Gasteiger partial charge on any atom is -0.493 e. The van der Waals surface area contributed by atoms with E-state index in [1.54, 1.807) is 0 Å². The van der Waals surface area contributed by atoms with Gasteiger partial charge in [0.2, 0.25) is 5.91 Å². The second-order valence-electron chi connectivity index (χ2n) is 4.88. The van der Waals surface area contributed by atoms with Crippen LogP contribution in [0, 0.1) is 17.0 Å². The molecule has 0 bridgehead atoms. The molecule has 1 aromatic heterocycles. The number of nitro groups is 1. The van der Waals surface area contributed by atoms with E-state index in [1.165, 1.54) is 43.9 Å². The summed E-state index contributed by atoms with van der Waals surface area (Å²) in [7, 11) is 2.80. The summed E-state index contributed by atoms with van der Waals surface area (Å²) in [5, 5.41) is 17.5. The average molecular weight is 364 g/mol. The Kier molecular flexibility index (Phi) is 6.01. The number of nitro benzene ring substituents is 1. The normalized spacial score (nSPS) is 10.7. The third-order valence-corrected chi connectivity index (χ3v) is 4.07. The van der Waals surface area contributed by atoms with Gasteiger partial charge in [-0.3, -0.25) is 14.9 Å². The van der Waals surface area contributed by atoms with Gasteiger partial charge in [-0.1, -0.05) is 0 Å². The quantitative estimate of drug-likeness (QED) is 0.457. The van der Waals surface area contributed by atoms with Crippen LogP contribution in [0.5, 0.6) is 11.5 Å². The number of aryl methyl sites for hydroxylation is 1. The van der Waals surface area contributed by atoms with E-state index in [0.717, 1.165) is 5.69 Å². The number of methoxy groups -OCH3 is 2. The molecule has 1 aromatic carbocycles. The number of nitrogens with one attached hydrogen (secondary N) is 1. The molecule has 2 aromatic rings. The van der Waals surface area contributed by atoms with Crippen molar-refractivity contribution in [2.45, 2.75) is 13.3 Å². The van der Waals surface area contributed by atoms with Crippen molar-refractivity contribution in [1.82, 2.24) is 10.4 Å². The first kappa shape index (κ1) is 18.3. The Labute approximate surface area is 147 Å². The van der Waals surface area contributed by atoms with E-state index in [2.05, 4.69) is 15.5 Å². The molecular weight excluding hydrogens is 348 g/mol. The van der Waals surface area contributed by atoms with Crippen molar-refractivity contribution < 1.29 is 19.2 Å². The van der Waals surface area contributed by atoms with Gasteiger partial charge in [-0.15, -0.1) is 11.3 Å². The molecule has 0 atom stereocenters. The number of hydrazone groups is 1. The zero-order valence-corrected chi connectivity index (χ0v) is 14.6. The highest BCUT2D eigenvalue weighted by Gasteiger charge is 2.18. The van der Waals surface area contributed by atoms with Gasteiger partial charge in [0, 0.05) is 11.1 Å². The molecule has 0 aliphatic heterocycles. The topological polar surface area (TPSA) is 116 Å². The zero-order chi connectivity index (χ0) is 18.4. The molecule has 2 rings (SSSR count). The molecule has 0 radical (unpaired) electrons. The van der Waals surface area contributed by atoms with Crippen molar-refractivity contribution in [1.29, 1.82) is 0 Å². The van der Waals surface area contributed by atoms with Crippen LogP contribution in [0.4, 0.5) is 5.69 Å². The Hall–Kier alpha value is -3.01. The van der Waals surface area contributed by atoms with Crippen LogP contribution in [0.2, 0.25) is 0 Å². The van der Waals surface area contributed by atoms with E-state index >= 15 is 0 Å². The lowest BCUT2D eigenvalue weighted by molar-refractivity contribution is -0.385. The van der Waals surface area contributed by atoms with Gasteiger partial charge in [-0.25, -0.2) is 10.4 Å². The highest BCUT2D eigenvalue weighted by Crippen LogP contribution is 2.33. The lowest BCUT2D eigenvalue weighted by atomic mass is 10.1. The maximum absolute atomic E-state index is 11.8. The number of ether oxygens (including phenoxy) is 2. The van der Waals surface area contributed by atoms with Crippen LogP contribution >= 0.6 is 11.3 Å². The van der Waals surface area contributed by atoms with E-state index in [-0.39, 0.29) is 29.3 Å². The highest BCUT2D eigenvalue weighted by molar-refractivity contribution is 7.09. The number of hydrogen-bond acceptors (Lipinski definition) is 8. The number of nitrogens with zero attached hydrogens (tertiary/aromatic N) is 3. The number of carbonyl (C=O) groups excluding carboxylic acids is 1. The van der Waals surface area contributed by atoms with Crippen LogP contribution in [-0.2, 0) is 11.2 Å². The number of rotatable bonds is 7. The summed E-state index contributed by atoms with van der Waals surface area (Å²) in [5.74, 6) is 0.183. The Balaban J connectivity index is 2.13. The van der Waals surface area contributed by atoms with Crippen molar-refractivity contribution in [3.05, 3.63) is 43.9 Å². The van der Waals surface area contributed by atoms with Gasteiger partial charge in [0.1, 0.15) is 5.01 Å². The zero-order valence-electron chi connectivity index (χ0n) is 13.8. The van der Waals surface area contributed by atoms with Crippen molar-refractivity contribution >= 4 is 29.1 Å². The fourth-order valence-electron chi connectivity index (χ4n) is 1.98. The number of thiazole rings is 1. The van der Waals surface area contributed by atoms with E-state index in [4.69, 9.17) is 9.47 Å². The van der Waals surface area contributed by atoms with Gasteiger partial charge < -0.3 is 9.47 Å². The van der Waals surface area contributed by atoms with Crippen LogP contribution < -0.4 is 14.9 Å². The van der Waals surface area contributed by atoms with E-state index in [1.807, 2.05) is 12.3 Å². The summed E-state index contributed by atoms with van der Waals surface area (Å²) in [6.45, 7) is 1.84. The Morgan fingerprint density at radius 1 is 1.40 bits per heavy atom. The van der Waals surface area contributed by atoms with Crippen LogP contribution in [0.25, 0.3) is 0 Å². The van der Waals surface area contributed by atoms with Gasteiger partial charge in [-0.05, 0) is 13.0 Å². The number of hydrogen-bond donors (Lipinski definition) is 1. The molecule has 1 amide bonds. The lowest BCUT2D eigenvalue weighted by Gasteiger charge is -2.08. The predicted octanol–water partition coefficient (Wildman–Crippen LogP) is 2.07. The predicted molar refractivity (Wildman–Crippen MR) is 92.5 cm³/mol. The van der Waals surface area contributed by atoms with Gasteiger partial charge >= 0.3 is 0 Å². The van der Waals surface area contributed by atoms with Crippen molar-refractivity contribution in [2.24, 2.45) is 5.10 Å². The smallest absolute Gasteiger partial charge is 0.282 e. The first-order valence-electron chi connectivity index (χ1n) is 7.08. The lowest BCUT2D eigenvalue weighted by Crippen LogP contribution is -2.19. The number of aromatic nitrogens is 1. The minimum absolute atomic E-state index is 0.0872. The van der Waals surface area contributed by atoms with Crippen molar-refractivity contribution in [3.8, 4) is 11.5 Å². The van der Waals surface area contributed by atoms with Crippen LogP contribution in [0.3, 0.4) is 0 Å². The Bertz CT molecular complexity index is 818. The summed E-state index contributed by atoms with van der Waals surface area (Å²) in [5.41, 5.74) is 3.13. The molecule has 1 heterocycles. The number of benzene rings is 1. The molecule has 0 spiro atoms. The molecule has 9 nitrogen and oxygen atoms in total. The standard InChI is InChI=1S/C15H16N4O5S/c1-9-8-25-15(17-9)6-14(20)18-16-7-10-4-12(23-2)13(24-3)5-11(10)19(21)22/h4-5,7-8H,6H2,1-3H3,(H,18,20)/b16-7-. The highest BCUT2D eigenvalue weighted by atomic mass is 32.1. The minimum atomic E-state index is -0.566. The summed E-state index contributed by atoms with van der Waals surface area (Å²) >= 11 is 1.38. The van der Waals surface area contributed by atoms with Crippen LogP contribution in [0.15, 0.2) is 22.6 Å². The second kappa shape index (κ2) is 8.20. The maximum Gasteiger partial charge on any atom is 0.282 e. The molecule has 0 saturated carbocycles. The third-order valence-electron chi connectivity index (χ3n) is 3.10. The fraction of sp³-hybridized carbons (Fsp3) is 0.267. The number of amides is 1. The third kappa shape index (κ3) is 4.73. The average Bonchev–Trinajstić information content (AvgIpc) is 2.98. The SMILES string of the molecule is COc1cc(/C=N\NC(=O)Cc2nc(C)cs2)c([N+](=O)[O-])cc1OC. The van der Waals surface area contributed by atoms with Gasteiger partial charge in [0.25, 0.3) is 5.69 Å². The van der Waals surface area contributed by atoms with Crippen LogP contribution in [0.1, 0.15) is 16.3 Å². The molecule has 1 N–H and O–H groups in total. The summed E-state index contributed by atoms with van der Waals surface area (Å²) in [6, 6.07) is 2.65. The molecule has 0 fully saturated rings. The van der Waals surface area contributed by atoms with Crippen molar-refractivity contribution in [2.75, 3.05) is 14.2 Å². The molecule has 0 aliphatic carbocycles. The Morgan fingerprint density at radius 3 is 2.64 bits per heavy atom. The molecule has 0 unspecified atom stereocenters. The van der Waals surface area contributed by atoms with E-state index < -0.39 is 4.92 Å². The van der Waals surface area contributed by atoms with E-state index in [0.29, 0.717) is 10.8 Å². The Morgan fingerprint density at radius 2 is 2.08 bits per heavy atom. The molecule has 10 heteroatoms. The van der Waals surface area contributed by atoms with Crippen molar-refractivity contribution in [3.63, 3.8) is 0 Å². The summed E-state index contributed by atoms with van der Waals surface area (Å²) < 4.78 is 10.2. The number of carbonyl (C=O) groups is 1. The largest absolute Gasteiger partial charge is 0.493 e. The molecule has 25 heavy (non-hydrogen) atoms. The maximum atomic E-state index is 11.8. The van der Waals surface area contributed by atoms with Crippen LogP contribution in [-0.4, -0.2) is 36.2 Å². The van der Waals surface area contributed by atoms with Gasteiger partial charge in [0.15, 0.2) is 11.5 Å². The molecule has 0 aliphatic rings. The monoisotopic (exact) mass is 364 g/mol. The van der Waals surface area contributed by atoms with E-state index in [9.17, 15) is 14.9 Å².